The third-order valence-corrected chi connectivity index (χ3v) is 5.17. The highest BCUT2D eigenvalue weighted by Gasteiger charge is 2.50. The van der Waals surface area contributed by atoms with Crippen molar-refractivity contribution in [2.75, 3.05) is 6.54 Å². The molecular weight excluding hydrogens is 342 g/mol. The number of amides is 1. The van der Waals surface area contributed by atoms with Crippen LogP contribution in [0.2, 0.25) is 0 Å². The number of unbranched alkanes of at least 4 members (excludes halogenated alkanes) is 1. The van der Waals surface area contributed by atoms with E-state index in [4.69, 9.17) is 4.74 Å². The van der Waals surface area contributed by atoms with E-state index in [1.165, 1.54) is 0 Å². The van der Waals surface area contributed by atoms with Gasteiger partial charge in [0.25, 0.3) is 0 Å². The SMILES string of the molecule is CCCCC1(C(=O)c2ccc3[nH]ncc3c2)CCCN1C(=O)OC(C)(C)C. The van der Waals surface area contributed by atoms with Crippen molar-refractivity contribution in [3.05, 3.63) is 30.0 Å². The van der Waals surface area contributed by atoms with Crippen molar-refractivity contribution < 1.29 is 14.3 Å². The van der Waals surface area contributed by atoms with Crippen LogP contribution in [0.3, 0.4) is 0 Å². The zero-order chi connectivity index (χ0) is 19.7. The fourth-order valence-corrected chi connectivity index (χ4v) is 3.89. The fraction of sp³-hybridized carbons (Fsp3) is 0.571. The molecule has 0 spiro atoms. The highest BCUT2D eigenvalue weighted by atomic mass is 16.6. The van der Waals surface area contributed by atoms with Gasteiger partial charge in [-0.1, -0.05) is 19.8 Å². The standard InChI is InChI=1S/C21H29N3O3/c1-5-6-10-21(11-7-12-24(21)19(26)27-20(2,3)4)18(25)15-8-9-17-16(13-15)14-22-23-17/h8-9,13-14H,5-7,10-12H2,1-4H3,(H,22,23). The molecule has 0 saturated carbocycles. The van der Waals surface area contributed by atoms with E-state index in [9.17, 15) is 9.59 Å². The molecule has 6 nitrogen and oxygen atoms in total. The van der Waals surface area contributed by atoms with Crippen molar-refractivity contribution in [2.45, 2.75) is 70.9 Å². The lowest BCUT2D eigenvalue weighted by Gasteiger charge is -2.38. The molecule has 1 aromatic heterocycles. The number of carbonyl (C=O) groups is 2. The maximum atomic E-state index is 13.6. The quantitative estimate of drug-likeness (QED) is 0.773. The van der Waals surface area contributed by atoms with Gasteiger partial charge in [0, 0.05) is 17.5 Å². The van der Waals surface area contributed by atoms with Gasteiger partial charge in [-0.05, 0) is 58.2 Å². The van der Waals surface area contributed by atoms with Crippen LogP contribution in [-0.2, 0) is 4.74 Å². The molecular formula is C21H29N3O3. The maximum Gasteiger partial charge on any atom is 0.411 e. The number of carbonyl (C=O) groups excluding carboxylic acids is 2. The van der Waals surface area contributed by atoms with Crippen LogP contribution in [0, 0.1) is 0 Å². The first-order valence-electron chi connectivity index (χ1n) is 9.75. The predicted octanol–water partition coefficient (Wildman–Crippen LogP) is 4.71. The molecule has 1 aromatic carbocycles. The average molecular weight is 371 g/mol. The molecule has 1 aliphatic heterocycles. The summed E-state index contributed by atoms with van der Waals surface area (Å²) in [7, 11) is 0. The van der Waals surface area contributed by atoms with Gasteiger partial charge in [-0.2, -0.15) is 5.10 Å². The first kappa shape index (κ1) is 19.4. The minimum Gasteiger partial charge on any atom is -0.444 e. The van der Waals surface area contributed by atoms with Crippen LogP contribution in [-0.4, -0.2) is 44.7 Å². The van der Waals surface area contributed by atoms with Gasteiger partial charge in [0.05, 0.1) is 11.7 Å². The number of aromatic amines is 1. The molecule has 146 valence electrons. The van der Waals surface area contributed by atoms with Crippen molar-refractivity contribution in [3.8, 4) is 0 Å². The largest absolute Gasteiger partial charge is 0.444 e. The monoisotopic (exact) mass is 371 g/mol. The normalized spacial score (nSPS) is 20.2. The third kappa shape index (κ3) is 3.84. The second-order valence-corrected chi connectivity index (χ2v) is 8.37. The first-order chi connectivity index (χ1) is 12.8. The van der Waals surface area contributed by atoms with E-state index in [1.807, 2.05) is 39.0 Å². The molecule has 0 radical (unpaired) electrons. The lowest BCUT2D eigenvalue weighted by atomic mass is 9.82. The van der Waals surface area contributed by atoms with Gasteiger partial charge in [0.15, 0.2) is 5.78 Å². The van der Waals surface area contributed by atoms with Crippen LogP contribution in [0.5, 0.6) is 0 Å². The minimum atomic E-state index is -0.824. The fourth-order valence-electron chi connectivity index (χ4n) is 3.89. The van der Waals surface area contributed by atoms with Crippen molar-refractivity contribution in [2.24, 2.45) is 0 Å². The molecule has 3 rings (SSSR count). The van der Waals surface area contributed by atoms with Crippen molar-refractivity contribution >= 4 is 22.8 Å². The molecule has 6 heteroatoms. The topological polar surface area (TPSA) is 75.3 Å². The highest BCUT2D eigenvalue weighted by molar-refractivity contribution is 6.06. The Morgan fingerprint density at radius 2 is 2.11 bits per heavy atom. The number of likely N-dealkylation sites (tertiary alicyclic amines) is 1. The van der Waals surface area contributed by atoms with E-state index in [0.29, 0.717) is 24.9 Å². The van der Waals surface area contributed by atoms with Gasteiger partial charge in [-0.3, -0.25) is 14.8 Å². The Hall–Kier alpha value is -2.37. The maximum absolute atomic E-state index is 13.6. The molecule has 1 unspecified atom stereocenters. The Morgan fingerprint density at radius 3 is 2.81 bits per heavy atom. The second-order valence-electron chi connectivity index (χ2n) is 8.37. The van der Waals surface area contributed by atoms with Gasteiger partial charge in [0.1, 0.15) is 11.1 Å². The molecule has 27 heavy (non-hydrogen) atoms. The number of hydrogen-bond acceptors (Lipinski definition) is 4. The average Bonchev–Trinajstić information content (AvgIpc) is 3.24. The number of Topliss-reactive ketones (excluding diaryl/α,β-unsaturated/α-hetero) is 1. The Bertz CT molecular complexity index is 837. The lowest BCUT2D eigenvalue weighted by molar-refractivity contribution is 0.00711. The summed E-state index contributed by atoms with van der Waals surface area (Å²) in [5.74, 6) is 0.00223. The number of hydrogen-bond donors (Lipinski definition) is 1. The molecule has 1 amide bonds. The van der Waals surface area contributed by atoms with Crippen LogP contribution in [0.4, 0.5) is 4.79 Å². The summed E-state index contributed by atoms with van der Waals surface area (Å²) in [5.41, 5.74) is 0.102. The highest BCUT2D eigenvalue weighted by Crippen LogP contribution is 2.38. The summed E-state index contributed by atoms with van der Waals surface area (Å²) >= 11 is 0. The van der Waals surface area contributed by atoms with Crippen LogP contribution in [0.1, 0.15) is 70.2 Å². The second kappa shape index (κ2) is 7.33. The van der Waals surface area contributed by atoms with E-state index in [-0.39, 0.29) is 5.78 Å². The molecule has 1 aliphatic rings. The molecule has 0 aliphatic carbocycles. The number of aromatic nitrogens is 2. The van der Waals surface area contributed by atoms with E-state index < -0.39 is 17.2 Å². The number of nitrogens with zero attached hydrogens (tertiary/aromatic N) is 2. The van der Waals surface area contributed by atoms with Crippen LogP contribution < -0.4 is 0 Å². The van der Waals surface area contributed by atoms with E-state index in [0.717, 1.165) is 30.2 Å². The molecule has 1 saturated heterocycles. The molecule has 2 heterocycles. The molecule has 1 N–H and O–H groups in total. The zero-order valence-corrected chi connectivity index (χ0v) is 16.7. The molecule has 1 fully saturated rings. The van der Waals surface area contributed by atoms with Gasteiger partial charge in [-0.25, -0.2) is 4.79 Å². The van der Waals surface area contributed by atoms with Crippen molar-refractivity contribution in [1.29, 1.82) is 0 Å². The minimum absolute atomic E-state index is 0.00223. The Kier molecular flexibility index (Phi) is 5.27. The third-order valence-electron chi connectivity index (χ3n) is 5.17. The van der Waals surface area contributed by atoms with Crippen LogP contribution in [0.15, 0.2) is 24.4 Å². The molecule has 2 aromatic rings. The lowest BCUT2D eigenvalue weighted by Crippen LogP contribution is -2.54. The summed E-state index contributed by atoms with van der Waals surface area (Å²) in [6.45, 7) is 8.21. The van der Waals surface area contributed by atoms with Crippen molar-refractivity contribution in [3.63, 3.8) is 0 Å². The van der Waals surface area contributed by atoms with E-state index in [1.54, 1.807) is 11.1 Å². The van der Waals surface area contributed by atoms with Gasteiger partial charge in [-0.15, -0.1) is 0 Å². The van der Waals surface area contributed by atoms with Crippen molar-refractivity contribution in [1.82, 2.24) is 15.1 Å². The summed E-state index contributed by atoms with van der Waals surface area (Å²) in [5, 5.41) is 7.83. The number of rotatable bonds is 5. The summed E-state index contributed by atoms with van der Waals surface area (Å²) in [4.78, 5) is 28.2. The van der Waals surface area contributed by atoms with Gasteiger partial charge in [0.2, 0.25) is 0 Å². The van der Waals surface area contributed by atoms with Gasteiger partial charge >= 0.3 is 6.09 Å². The summed E-state index contributed by atoms with van der Waals surface area (Å²) in [6.07, 6.45) is 5.32. The number of fused-ring (bicyclic) bond motifs is 1. The Labute approximate surface area is 160 Å². The zero-order valence-electron chi connectivity index (χ0n) is 16.7. The number of ether oxygens (including phenoxy) is 1. The molecule has 1 atom stereocenters. The smallest absolute Gasteiger partial charge is 0.411 e. The van der Waals surface area contributed by atoms with Crippen LogP contribution in [0.25, 0.3) is 10.9 Å². The molecule has 0 bridgehead atoms. The Balaban J connectivity index is 1.97. The predicted molar refractivity (Wildman–Crippen MR) is 105 cm³/mol. The van der Waals surface area contributed by atoms with E-state index in [2.05, 4.69) is 17.1 Å². The van der Waals surface area contributed by atoms with Gasteiger partial charge < -0.3 is 4.74 Å². The number of H-pyrrole nitrogens is 1. The summed E-state index contributed by atoms with van der Waals surface area (Å²) in [6, 6.07) is 5.55. The summed E-state index contributed by atoms with van der Waals surface area (Å²) < 4.78 is 5.62. The van der Waals surface area contributed by atoms with E-state index >= 15 is 0 Å². The number of ketones is 1. The Morgan fingerprint density at radius 1 is 1.33 bits per heavy atom. The van der Waals surface area contributed by atoms with Crippen LogP contribution >= 0.6 is 0 Å². The first-order valence-corrected chi connectivity index (χ1v) is 9.75. The number of nitrogens with one attached hydrogen (secondary N) is 1. The number of benzene rings is 1.